The fraction of sp³-hybridized carbons (Fsp3) is 0.300. The van der Waals surface area contributed by atoms with E-state index in [1.54, 1.807) is 16.3 Å². The highest BCUT2D eigenvalue weighted by Gasteiger charge is 2.10. The minimum Gasteiger partial charge on any atom is -0.345 e. The number of halogens is 1. The van der Waals surface area contributed by atoms with Crippen molar-refractivity contribution in [2.24, 2.45) is 12.8 Å². The Morgan fingerprint density at radius 1 is 1.61 bits per heavy atom. The molecule has 2 aromatic rings. The van der Waals surface area contributed by atoms with Crippen molar-refractivity contribution in [1.29, 1.82) is 0 Å². The van der Waals surface area contributed by atoms with Crippen molar-refractivity contribution in [3.05, 3.63) is 34.0 Å². The molecule has 8 heteroatoms. The molecule has 0 aromatic carbocycles. The fourth-order valence-electron chi connectivity index (χ4n) is 1.35. The monoisotopic (exact) mass is 287 g/mol. The van der Waals surface area contributed by atoms with Gasteiger partial charge in [-0.3, -0.25) is 9.48 Å². The van der Waals surface area contributed by atoms with Gasteiger partial charge in [-0.2, -0.15) is 5.10 Å². The molecule has 18 heavy (non-hydrogen) atoms. The number of nitrogens with two attached hydrogens (primary N) is 1. The highest BCUT2D eigenvalue weighted by molar-refractivity contribution is 7.09. The van der Waals surface area contributed by atoms with Gasteiger partial charge in [-0.15, -0.1) is 23.7 Å². The van der Waals surface area contributed by atoms with E-state index in [-0.39, 0.29) is 18.3 Å². The number of carbonyl (C=O) groups is 1. The number of nitrogens with one attached hydrogen (secondary N) is 1. The summed E-state index contributed by atoms with van der Waals surface area (Å²) in [5.41, 5.74) is 6.79. The third kappa shape index (κ3) is 3.28. The van der Waals surface area contributed by atoms with Gasteiger partial charge in [0.1, 0.15) is 10.7 Å². The van der Waals surface area contributed by atoms with Gasteiger partial charge in [0.25, 0.3) is 5.91 Å². The molecule has 0 aliphatic heterocycles. The summed E-state index contributed by atoms with van der Waals surface area (Å²) in [6.45, 7) is 0.796. The van der Waals surface area contributed by atoms with Crippen LogP contribution in [0.3, 0.4) is 0 Å². The van der Waals surface area contributed by atoms with Gasteiger partial charge >= 0.3 is 0 Å². The second-order valence-electron chi connectivity index (χ2n) is 3.46. The molecule has 2 rings (SSSR count). The van der Waals surface area contributed by atoms with E-state index in [0.717, 1.165) is 10.7 Å². The summed E-state index contributed by atoms with van der Waals surface area (Å²) in [7, 11) is 1.83. The Kier molecular flexibility index (Phi) is 5.26. The van der Waals surface area contributed by atoms with Crippen molar-refractivity contribution in [3.8, 4) is 0 Å². The molecule has 0 aliphatic rings. The maximum absolute atomic E-state index is 11.7. The largest absolute Gasteiger partial charge is 0.345 e. The van der Waals surface area contributed by atoms with E-state index < -0.39 is 0 Å². The standard InChI is InChI=1S/C10H13N5OS.ClH/c1-15-7(2-3-13-15)5-12-10(16)8-6-17-9(4-11)14-8;/h2-3,6H,4-5,11H2,1H3,(H,12,16);1H. The van der Waals surface area contributed by atoms with Crippen molar-refractivity contribution in [1.82, 2.24) is 20.1 Å². The van der Waals surface area contributed by atoms with Gasteiger partial charge in [-0.25, -0.2) is 4.98 Å². The Labute approximate surface area is 115 Å². The SMILES string of the molecule is Cl.Cn1nccc1CNC(=O)c1csc(CN)n1. The number of rotatable bonds is 4. The molecule has 0 unspecified atom stereocenters. The molecule has 0 atom stereocenters. The van der Waals surface area contributed by atoms with Crippen LogP contribution >= 0.6 is 23.7 Å². The first-order valence-corrected chi connectivity index (χ1v) is 5.98. The number of amides is 1. The highest BCUT2D eigenvalue weighted by atomic mass is 35.5. The smallest absolute Gasteiger partial charge is 0.271 e. The van der Waals surface area contributed by atoms with Crippen molar-refractivity contribution < 1.29 is 4.79 Å². The number of carbonyl (C=O) groups excluding carboxylic acids is 1. The Bertz CT molecular complexity index is 524. The lowest BCUT2D eigenvalue weighted by molar-refractivity contribution is 0.0945. The summed E-state index contributed by atoms with van der Waals surface area (Å²) >= 11 is 1.39. The second-order valence-corrected chi connectivity index (χ2v) is 4.40. The normalized spacial score (nSPS) is 9.89. The van der Waals surface area contributed by atoms with Crippen LogP contribution in [0.2, 0.25) is 0 Å². The molecule has 6 nitrogen and oxygen atoms in total. The molecule has 0 spiro atoms. The lowest BCUT2D eigenvalue weighted by Crippen LogP contribution is -2.24. The van der Waals surface area contributed by atoms with Crippen molar-refractivity contribution >= 4 is 29.7 Å². The third-order valence-electron chi connectivity index (χ3n) is 2.31. The van der Waals surface area contributed by atoms with E-state index in [9.17, 15) is 4.79 Å². The zero-order chi connectivity index (χ0) is 12.3. The molecule has 0 fully saturated rings. The molecule has 0 saturated carbocycles. The number of nitrogens with zero attached hydrogens (tertiary/aromatic N) is 3. The minimum absolute atomic E-state index is 0. The Balaban J connectivity index is 0.00000162. The van der Waals surface area contributed by atoms with Crippen LogP contribution in [0.15, 0.2) is 17.6 Å². The second kappa shape index (κ2) is 6.48. The van der Waals surface area contributed by atoms with Gasteiger partial charge in [0, 0.05) is 25.2 Å². The fourth-order valence-corrected chi connectivity index (χ4v) is 2.00. The van der Waals surface area contributed by atoms with E-state index in [4.69, 9.17) is 5.73 Å². The molecule has 2 aromatic heterocycles. The van der Waals surface area contributed by atoms with Crippen molar-refractivity contribution in [2.45, 2.75) is 13.1 Å². The first kappa shape index (κ1) is 14.6. The number of aromatic nitrogens is 3. The lowest BCUT2D eigenvalue weighted by Gasteiger charge is -2.03. The van der Waals surface area contributed by atoms with Crippen LogP contribution in [0.4, 0.5) is 0 Å². The van der Waals surface area contributed by atoms with E-state index in [0.29, 0.717) is 18.8 Å². The quantitative estimate of drug-likeness (QED) is 0.866. The van der Waals surface area contributed by atoms with E-state index >= 15 is 0 Å². The van der Waals surface area contributed by atoms with Gasteiger partial charge in [-0.1, -0.05) is 0 Å². The van der Waals surface area contributed by atoms with Crippen molar-refractivity contribution in [3.63, 3.8) is 0 Å². The zero-order valence-corrected chi connectivity index (χ0v) is 11.4. The maximum Gasteiger partial charge on any atom is 0.271 e. The Morgan fingerprint density at radius 2 is 2.39 bits per heavy atom. The van der Waals surface area contributed by atoms with Crippen LogP contribution in [0.25, 0.3) is 0 Å². The number of aryl methyl sites for hydroxylation is 1. The molecular formula is C10H14ClN5OS. The average molecular weight is 288 g/mol. The van der Waals surface area contributed by atoms with Gasteiger partial charge in [-0.05, 0) is 6.07 Å². The number of thiazole rings is 1. The summed E-state index contributed by atoms with van der Waals surface area (Å²) < 4.78 is 1.71. The third-order valence-corrected chi connectivity index (χ3v) is 3.18. The lowest BCUT2D eigenvalue weighted by atomic mass is 10.4. The van der Waals surface area contributed by atoms with Gasteiger partial charge < -0.3 is 11.1 Å². The molecule has 0 aliphatic carbocycles. The van der Waals surface area contributed by atoms with Crippen LogP contribution in [0.5, 0.6) is 0 Å². The molecule has 2 heterocycles. The Hall–Kier alpha value is -1.44. The summed E-state index contributed by atoms with van der Waals surface area (Å²) in [4.78, 5) is 15.9. The molecule has 0 bridgehead atoms. The predicted molar refractivity (Wildman–Crippen MR) is 71.6 cm³/mol. The van der Waals surface area contributed by atoms with Gasteiger partial charge in [0.05, 0.1) is 12.2 Å². The number of hydrogen-bond acceptors (Lipinski definition) is 5. The summed E-state index contributed by atoms with van der Waals surface area (Å²) in [5.74, 6) is -0.192. The van der Waals surface area contributed by atoms with E-state index in [1.807, 2.05) is 13.1 Å². The maximum atomic E-state index is 11.7. The topological polar surface area (TPSA) is 85.8 Å². The van der Waals surface area contributed by atoms with Crippen LogP contribution < -0.4 is 11.1 Å². The molecular weight excluding hydrogens is 274 g/mol. The Morgan fingerprint density at radius 3 is 2.94 bits per heavy atom. The van der Waals surface area contributed by atoms with Gasteiger partial charge in [0.15, 0.2) is 0 Å². The van der Waals surface area contributed by atoms with Gasteiger partial charge in [0.2, 0.25) is 0 Å². The van der Waals surface area contributed by atoms with Crippen LogP contribution in [-0.4, -0.2) is 20.7 Å². The molecule has 0 saturated heterocycles. The molecule has 3 N–H and O–H groups in total. The molecule has 1 amide bonds. The summed E-state index contributed by atoms with van der Waals surface area (Å²) in [6, 6.07) is 1.85. The zero-order valence-electron chi connectivity index (χ0n) is 9.79. The van der Waals surface area contributed by atoms with E-state index in [2.05, 4.69) is 15.4 Å². The van der Waals surface area contributed by atoms with Crippen molar-refractivity contribution in [2.75, 3.05) is 0 Å². The van der Waals surface area contributed by atoms with Crippen LogP contribution in [-0.2, 0) is 20.1 Å². The van der Waals surface area contributed by atoms with Crippen LogP contribution in [0.1, 0.15) is 21.2 Å². The summed E-state index contributed by atoms with van der Waals surface area (Å²) in [6.07, 6.45) is 1.69. The predicted octanol–water partition coefficient (Wildman–Crippen LogP) is 0.687. The first-order chi connectivity index (χ1) is 8.20. The minimum atomic E-state index is -0.192. The van der Waals surface area contributed by atoms with Crippen LogP contribution in [0, 0.1) is 0 Å². The molecule has 98 valence electrons. The first-order valence-electron chi connectivity index (χ1n) is 5.10. The summed E-state index contributed by atoms with van der Waals surface area (Å²) in [5, 5.41) is 9.27. The molecule has 0 radical (unpaired) electrons. The highest BCUT2D eigenvalue weighted by Crippen LogP contribution is 2.08. The average Bonchev–Trinajstić information content (AvgIpc) is 2.94. The number of hydrogen-bond donors (Lipinski definition) is 2. The van der Waals surface area contributed by atoms with E-state index in [1.165, 1.54) is 11.3 Å².